The summed E-state index contributed by atoms with van der Waals surface area (Å²) in [5, 5.41) is 2.01. The molecule has 0 unspecified atom stereocenters. The van der Waals surface area contributed by atoms with E-state index >= 15 is 0 Å². The largest absolute Gasteiger partial charge is 0.397 e. The van der Waals surface area contributed by atoms with Gasteiger partial charge in [0, 0.05) is 17.1 Å². The fourth-order valence-electron chi connectivity index (χ4n) is 1.82. The van der Waals surface area contributed by atoms with E-state index in [0.717, 1.165) is 4.88 Å². The fraction of sp³-hybridized carbons (Fsp3) is 0.286. The summed E-state index contributed by atoms with van der Waals surface area (Å²) in [6, 6.07) is 5.80. The van der Waals surface area contributed by atoms with Crippen LogP contribution in [0.3, 0.4) is 0 Å². The number of thiophene rings is 1. The summed E-state index contributed by atoms with van der Waals surface area (Å²) < 4.78 is 0. The van der Waals surface area contributed by atoms with Crippen molar-refractivity contribution >= 4 is 22.9 Å². The first-order valence-electron chi connectivity index (χ1n) is 6.12. The summed E-state index contributed by atoms with van der Waals surface area (Å²) in [6.07, 6.45) is 3.10. The molecule has 5 heteroatoms. The highest BCUT2D eigenvalue weighted by Crippen LogP contribution is 2.19. The highest BCUT2D eigenvalue weighted by molar-refractivity contribution is 7.09. The molecule has 2 aromatic rings. The van der Waals surface area contributed by atoms with Gasteiger partial charge in [-0.15, -0.1) is 11.3 Å². The number of pyridine rings is 1. The molecular weight excluding hydrogens is 258 g/mol. The van der Waals surface area contributed by atoms with E-state index in [1.165, 1.54) is 6.20 Å². The average molecular weight is 275 g/mol. The van der Waals surface area contributed by atoms with E-state index < -0.39 is 0 Å². The van der Waals surface area contributed by atoms with Crippen molar-refractivity contribution in [3.05, 3.63) is 46.4 Å². The van der Waals surface area contributed by atoms with Gasteiger partial charge in [0.15, 0.2) is 0 Å². The van der Waals surface area contributed by atoms with Crippen LogP contribution in [0.1, 0.15) is 29.1 Å². The molecule has 0 aliphatic heterocycles. The predicted molar refractivity (Wildman–Crippen MR) is 78.0 cm³/mol. The van der Waals surface area contributed by atoms with Crippen molar-refractivity contribution in [1.29, 1.82) is 0 Å². The van der Waals surface area contributed by atoms with Gasteiger partial charge in [-0.05, 0) is 31.4 Å². The molecule has 0 radical (unpaired) electrons. The standard InChI is InChI=1S/C14H17N3OS/c1-10(2)17(9-11-4-3-7-19-11)14(18)12-5-6-16-8-13(12)15/h3-8,10H,9,15H2,1-2H3. The first kappa shape index (κ1) is 13.5. The van der Waals surface area contributed by atoms with E-state index in [9.17, 15) is 4.79 Å². The lowest BCUT2D eigenvalue weighted by Crippen LogP contribution is -2.36. The normalized spacial score (nSPS) is 10.7. The molecule has 4 nitrogen and oxygen atoms in total. The smallest absolute Gasteiger partial charge is 0.256 e. The Balaban J connectivity index is 2.24. The number of aromatic nitrogens is 1. The van der Waals surface area contributed by atoms with Crippen molar-refractivity contribution in [3.63, 3.8) is 0 Å². The molecule has 2 heterocycles. The fourth-order valence-corrected chi connectivity index (χ4v) is 2.52. The van der Waals surface area contributed by atoms with Gasteiger partial charge < -0.3 is 10.6 Å². The molecular formula is C14H17N3OS. The summed E-state index contributed by atoms with van der Waals surface area (Å²) in [5.41, 5.74) is 6.76. The number of nitrogens with two attached hydrogens (primary N) is 1. The molecule has 0 aliphatic rings. The number of nitrogen functional groups attached to an aromatic ring is 1. The third-order valence-electron chi connectivity index (χ3n) is 2.87. The molecule has 0 saturated heterocycles. The van der Waals surface area contributed by atoms with Crippen LogP contribution in [-0.4, -0.2) is 21.8 Å². The summed E-state index contributed by atoms with van der Waals surface area (Å²) >= 11 is 1.65. The minimum atomic E-state index is -0.0525. The average Bonchev–Trinajstić information content (AvgIpc) is 2.88. The third kappa shape index (κ3) is 3.12. The van der Waals surface area contributed by atoms with Crippen LogP contribution in [-0.2, 0) is 6.54 Å². The number of anilines is 1. The van der Waals surface area contributed by atoms with E-state index in [0.29, 0.717) is 17.8 Å². The Hall–Kier alpha value is -1.88. The van der Waals surface area contributed by atoms with Crippen LogP contribution in [0.4, 0.5) is 5.69 Å². The lowest BCUT2D eigenvalue weighted by molar-refractivity contribution is 0.0693. The molecule has 2 N–H and O–H groups in total. The van der Waals surface area contributed by atoms with Gasteiger partial charge in [-0.25, -0.2) is 0 Å². The molecule has 0 saturated carbocycles. The van der Waals surface area contributed by atoms with Gasteiger partial charge in [0.1, 0.15) is 0 Å². The van der Waals surface area contributed by atoms with Crippen LogP contribution >= 0.6 is 11.3 Å². The van der Waals surface area contributed by atoms with Crippen molar-refractivity contribution in [2.24, 2.45) is 0 Å². The Bertz CT molecular complexity index is 552. The summed E-state index contributed by atoms with van der Waals surface area (Å²) in [6.45, 7) is 4.61. The highest BCUT2D eigenvalue weighted by Gasteiger charge is 2.21. The van der Waals surface area contributed by atoms with Crippen LogP contribution < -0.4 is 5.73 Å². The Morgan fingerprint density at radius 2 is 2.26 bits per heavy atom. The van der Waals surface area contributed by atoms with E-state index in [1.54, 1.807) is 23.6 Å². The molecule has 0 aromatic carbocycles. The minimum Gasteiger partial charge on any atom is -0.397 e. The highest BCUT2D eigenvalue weighted by atomic mass is 32.1. The number of carbonyl (C=O) groups is 1. The Kier molecular flexibility index (Phi) is 4.16. The second-order valence-corrected chi connectivity index (χ2v) is 5.60. The first-order chi connectivity index (χ1) is 9.09. The Morgan fingerprint density at radius 3 is 2.84 bits per heavy atom. The molecule has 0 aliphatic carbocycles. The van der Waals surface area contributed by atoms with Crippen LogP contribution in [0.2, 0.25) is 0 Å². The molecule has 0 atom stereocenters. The number of nitrogens with zero attached hydrogens (tertiary/aromatic N) is 2. The van der Waals surface area contributed by atoms with Gasteiger partial charge in [0.05, 0.1) is 24.0 Å². The maximum atomic E-state index is 12.6. The van der Waals surface area contributed by atoms with Crippen molar-refractivity contribution in [2.45, 2.75) is 26.4 Å². The quantitative estimate of drug-likeness (QED) is 0.933. The molecule has 19 heavy (non-hydrogen) atoms. The molecule has 0 spiro atoms. The maximum absolute atomic E-state index is 12.6. The van der Waals surface area contributed by atoms with E-state index in [1.807, 2.05) is 36.3 Å². The number of rotatable bonds is 4. The van der Waals surface area contributed by atoms with Crippen molar-refractivity contribution in [2.75, 3.05) is 5.73 Å². The minimum absolute atomic E-state index is 0.0525. The van der Waals surface area contributed by atoms with Crippen LogP contribution in [0.25, 0.3) is 0 Å². The van der Waals surface area contributed by atoms with Gasteiger partial charge in [-0.3, -0.25) is 9.78 Å². The SMILES string of the molecule is CC(C)N(Cc1cccs1)C(=O)c1ccncc1N. The van der Waals surface area contributed by atoms with Gasteiger partial charge in [0.2, 0.25) is 0 Å². The topological polar surface area (TPSA) is 59.2 Å². The van der Waals surface area contributed by atoms with Crippen LogP contribution in [0.5, 0.6) is 0 Å². The zero-order chi connectivity index (χ0) is 13.8. The maximum Gasteiger partial charge on any atom is 0.256 e. The van der Waals surface area contributed by atoms with Crippen molar-refractivity contribution in [3.8, 4) is 0 Å². The van der Waals surface area contributed by atoms with E-state index in [2.05, 4.69) is 4.98 Å². The Morgan fingerprint density at radius 1 is 1.47 bits per heavy atom. The van der Waals surface area contributed by atoms with Crippen molar-refractivity contribution < 1.29 is 4.79 Å². The van der Waals surface area contributed by atoms with Gasteiger partial charge >= 0.3 is 0 Å². The number of hydrogen-bond donors (Lipinski definition) is 1. The number of hydrogen-bond acceptors (Lipinski definition) is 4. The summed E-state index contributed by atoms with van der Waals surface area (Å²) in [7, 11) is 0. The monoisotopic (exact) mass is 275 g/mol. The van der Waals surface area contributed by atoms with Gasteiger partial charge in [-0.1, -0.05) is 6.07 Å². The number of amides is 1. The van der Waals surface area contributed by atoms with E-state index in [4.69, 9.17) is 5.73 Å². The predicted octanol–water partition coefficient (Wildman–Crippen LogP) is 2.78. The molecule has 1 amide bonds. The lowest BCUT2D eigenvalue weighted by atomic mass is 10.1. The van der Waals surface area contributed by atoms with Gasteiger partial charge in [-0.2, -0.15) is 0 Å². The summed E-state index contributed by atoms with van der Waals surface area (Å²) in [4.78, 5) is 19.4. The molecule has 2 rings (SSSR count). The first-order valence-corrected chi connectivity index (χ1v) is 7.00. The third-order valence-corrected chi connectivity index (χ3v) is 3.73. The Labute approximate surface area is 116 Å². The zero-order valence-electron chi connectivity index (χ0n) is 11.0. The lowest BCUT2D eigenvalue weighted by Gasteiger charge is -2.26. The molecule has 0 bridgehead atoms. The van der Waals surface area contributed by atoms with Gasteiger partial charge in [0.25, 0.3) is 5.91 Å². The zero-order valence-corrected chi connectivity index (χ0v) is 11.9. The van der Waals surface area contributed by atoms with E-state index in [-0.39, 0.29) is 11.9 Å². The summed E-state index contributed by atoms with van der Waals surface area (Å²) in [5.74, 6) is -0.0525. The second kappa shape index (κ2) is 5.84. The molecule has 2 aromatic heterocycles. The second-order valence-electron chi connectivity index (χ2n) is 4.57. The van der Waals surface area contributed by atoms with Crippen LogP contribution in [0, 0.1) is 0 Å². The number of carbonyl (C=O) groups excluding carboxylic acids is 1. The van der Waals surface area contributed by atoms with Crippen molar-refractivity contribution in [1.82, 2.24) is 9.88 Å². The molecule has 100 valence electrons. The van der Waals surface area contributed by atoms with Crippen LogP contribution in [0.15, 0.2) is 36.0 Å². The molecule has 0 fully saturated rings.